The summed E-state index contributed by atoms with van der Waals surface area (Å²) in [5.41, 5.74) is 0. The van der Waals surface area contributed by atoms with Crippen LogP contribution in [0.15, 0.2) is 18.7 Å². The third-order valence-electron chi connectivity index (χ3n) is 5.05. The predicted octanol–water partition coefficient (Wildman–Crippen LogP) is 6.73. The molecule has 1 aromatic heterocycles. The Morgan fingerprint density at radius 2 is 1.22 bits per heavy atom. The van der Waals surface area contributed by atoms with E-state index in [-0.39, 0.29) is 0 Å². The lowest BCUT2D eigenvalue weighted by Crippen LogP contribution is -2.34. The summed E-state index contributed by atoms with van der Waals surface area (Å²) in [6.07, 6.45) is 27.7. The van der Waals surface area contributed by atoms with Gasteiger partial charge in [-0.25, -0.2) is 4.57 Å². The Labute approximate surface area is 145 Å². The van der Waals surface area contributed by atoms with Gasteiger partial charge >= 0.3 is 0 Å². The van der Waals surface area contributed by atoms with Crippen LogP contribution in [0.5, 0.6) is 0 Å². The van der Waals surface area contributed by atoms with Gasteiger partial charge in [0.1, 0.15) is 12.4 Å². The number of H-pyrrole nitrogens is 1. The van der Waals surface area contributed by atoms with Crippen LogP contribution in [0.25, 0.3) is 0 Å². The van der Waals surface area contributed by atoms with Crippen molar-refractivity contribution in [2.75, 3.05) is 0 Å². The van der Waals surface area contributed by atoms with Gasteiger partial charge < -0.3 is 0 Å². The van der Waals surface area contributed by atoms with Gasteiger partial charge in [-0.15, -0.1) is 0 Å². The lowest BCUT2D eigenvalue weighted by molar-refractivity contribution is -0.719. The maximum absolute atomic E-state index is 3.13. The Hall–Kier alpha value is -0.790. The van der Waals surface area contributed by atoms with Crippen molar-refractivity contribution in [1.29, 1.82) is 0 Å². The topological polar surface area (TPSA) is 19.7 Å². The first kappa shape index (κ1) is 20.3. The minimum atomic E-state index is 0.638. The highest BCUT2D eigenvalue weighted by molar-refractivity contribution is 4.58. The standard InChI is InChI=1S/C21H40N2/c1-3-4-5-6-7-8-9-10-11-12-13-14-15-16-17-21(2)23-19-18-22-20-23/h18-21H,3-17H2,1-2H3/p+1. The minimum Gasteiger partial charge on any atom is -0.250 e. The summed E-state index contributed by atoms with van der Waals surface area (Å²) in [6, 6.07) is 0.638. The van der Waals surface area contributed by atoms with Gasteiger partial charge in [-0.05, 0) is 19.8 Å². The van der Waals surface area contributed by atoms with Crippen molar-refractivity contribution in [3.05, 3.63) is 18.7 Å². The average molecular weight is 322 g/mol. The summed E-state index contributed by atoms with van der Waals surface area (Å²) in [5, 5.41) is 0. The van der Waals surface area contributed by atoms with E-state index in [1.165, 1.54) is 96.3 Å². The molecule has 1 unspecified atom stereocenters. The predicted molar refractivity (Wildman–Crippen MR) is 101 cm³/mol. The van der Waals surface area contributed by atoms with E-state index in [1.54, 1.807) is 0 Å². The van der Waals surface area contributed by atoms with Crippen LogP contribution in [-0.2, 0) is 0 Å². The van der Waals surface area contributed by atoms with Crippen molar-refractivity contribution < 1.29 is 4.57 Å². The Balaban J connectivity index is 1.75. The van der Waals surface area contributed by atoms with Crippen LogP contribution in [0.3, 0.4) is 0 Å². The number of aromatic nitrogens is 2. The molecule has 0 spiro atoms. The molecule has 1 heterocycles. The summed E-state index contributed by atoms with van der Waals surface area (Å²) in [5.74, 6) is 0. The highest BCUT2D eigenvalue weighted by Gasteiger charge is 2.07. The number of rotatable bonds is 16. The zero-order chi connectivity index (χ0) is 16.6. The van der Waals surface area contributed by atoms with E-state index < -0.39 is 0 Å². The molecule has 0 fully saturated rings. The number of aromatic amines is 1. The largest absolute Gasteiger partial charge is 0.250 e. The van der Waals surface area contributed by atoms with E-state index in [9.17, 15) is 0 Å². The molecule has 0 radical (unpaired) electrons. The number of nitrogens with zero attached hydrogens (tertiary/aromatic N) is 1. The van der Waals surface area contributed by atoms with Gasteiger partial charge in [-0.1, -0.05) is 90.4 Å². The molecule has 0 aliphatic heterocycles. The second-order valence-corrected chi connectivity index (χ2v) is 7.29. The summed E-state index contributed by atoms with van der Waals surface area (Å²) in [4.78, 5) is 3.13. The smallest absolute Gasteiger partial charge is 0.241 e. The van der Waals surface area contributed by atoms with Crippen molar-refractivity contribution in [3.8, 4) is 0 Å². The van der Waals surface area contributed by atoms with Gasteiger partial charge in [-0.2, -0.15) is 0 Å². The molecule has 134 valence electrons. The molecule has 0 amide bonds. The number of unbranched alkanes of at least 4 members (excludes halogenated alkanes) is 13. The molecule has 0 aliphatic carbocycles. The van der Waals surface area contributed by atoms with Gasteiger partial charge in [0.05, 0.1) is 6.04 Å². The van der Waals surface area contributed by atoms with Crippen molar-refractivity contribution in [3.63, 3.8) is 0 Å². The Kier molecular flexibility index (Phi) is 13.0. The van der Waals surface area contributed by atoms with Crippen LogP contribution < -0.4 is 4.57 Å². The fourth-order valence-electron chi connectivity index (χ4n) is 3.36. The summed E-state index contributed by atoms with van der Waals surface area (Å²) in [7, 11) is 0. The molecule has 0 bridgehead atoms. The summed E-state index contributed by atoms with van der Waals surface area (Å²) in [6.45, 7) is 4.61. The number of hydrogen-bond donors (Lipinski definition) is 1. The zero-order valence-electron chi connectivity index (χ0n) is 15.9. The second kappa shape index (κ2) is 14.8. The van der Waals surface area contributed by atoms with Gasteiger partial charge in [0, 0.05) is 0 Å². The molecule has 1 N–H and O–H groups in total. The average Bonchev–Trinajstić information content (AvgIpc) is 3.09. The first-order valence-electron chi connectivity index (χ1n) is 10.4. The van der Waals surface area contributed by atoms with Crippen LogP contribution in [0.2, 0.25) is 0 Å². The third kappa shape index (κ3) is 11.4. The molecule has 1 atom stereocenters. The minimum absolute atomic E-state index is 0.638. The molecule has 2 nitrogen and oxygen atoms in total. The van der Waals surface area contributed by atoms with E-state index in [0.29, 0.717) is 6.04 Å². The molecule has 1 aromatic rings. The lowest BCUT2D eigenvalue weighted by Gasteiger charge is -2.07. The summed E-state index contributed by atoms with van der Waals surface area (Å²) < 4.78 is 2.28. The van der Waals surface area contributed by atoms with Crippen molar-refractivity contribution in [2.24, 2.45) is 0 Å². The second-order valence-electron chi connectivity index (χ2n) is 7.29. The number of imidazole rings is 1. The van der Waals surface area contributed by atoms with Crippen LogP contribution in [0.1, 0.15) is 116 Å². The maximum Gasteiger partial charge on any atom is 0.241 e. The number of hydrogen-bond acceptors (Lipinski definition) is 0. The van der Waals surface area contributed by atoms with Crippen molar-refractivity contribution >= 4 is 0 Å². The monoisotopic (exact) mass is 321 g/mol. The molecular formula is C21H41N2+. The molecule has 1 rings (SSSR count). The van der Waals surface area contributed by atoms with Crippen LogP contribution in [0, 0.1) is 0 Å². The van der Waals surface area contributed by atoms with Gasteiger partial charge in [0.15, 0.2) is 0 Å². The zero-order valence-corrected chi connectivity index (χ0v) is 15.9. The van der Waals surface area contributed by atoms with Gasteiger partial charge in [0.25, 0.3) is 0 Å². The van der Waals surface area contributed by atoms with E-state index in [2.05, 4.69) is 35.9 Å². The highest BCUT2D eigenvalue weighted by atomic mass is 15.0. The molecule has 0 saturated heterocycles. The SMILES string of the molecule is CCCCCCCCCCCCCCCCC(C)[n+]1cc[nH]c1. The molecule has 0 aromatic carbocycles. The van der Waals surface area contributed by atoms with E-state index in [1.807, 2.05) is 6.20 Å². The first-order valence-corrected chi connectivity index (χ1v) is 10.4. The highest BCUT2D eigenvalue weighted by Crippen LogP contribution is 2.14. The van der Waals surface area contributed by atoms with E-state index in [4.69, 9.17) is 0 Å². The fraction of sp³-hybridized carbons (Fsp3) is 0.857. The summed E-state index contributed by atoms with van der Waals surface area (Å²) >= 11 is 0. The number of nitrogens with one attached hydrogen (secondary N) is 1. The Morgan fingerprint density at radius 3 is 1.65 bits per heavy atom. The van der Waals surface area contributed by atoms with Crippen LogP contribution >= 0.6 is 0 Å². The van der Waals surface area contributed by atoms with E-state index >= 15 is 0 Å². The van der Waals surface area contributed by atoms with Gasteiger partial charge in [-0.3, -0.25) is 4.98 Å². The third-order valence-corrected chi connectivity index (χ3v) is 5.05. The molecule has 2 heteroatoms. The molecule has 0 saturated carbocycles. The molecular weight excluding hydrogens is 280 g/mol. The Bertz CT molecular complexity index is 332. The van der Waals surface area contributed by atoms with E-state index in [0.717, 1.165) is 0 Å². The van der Waals surface area contributed by atoms with Gasteiger partial charge in [0.2, 0.25) is 6.33 Å². The van der Waals surface area contributed by atoms with Crippen molar-refractivity contribution in [2.45, 2.75) is 116 Å². The van der Waals surface area contributed by atoms with Crippen LogP contribution in [-0.4, -0.2) is 4.98 Å². The van der Waals surface area contributed by atoms with Crippen molar-refractivity contribution in [1.82, 2.24) is 4.98 Å². The van der Waals surface area contributed by atoms with Crippen LogP contribution in [0.4, 0.5) is 0 Å². The quantitative estimate of drug-likeness (QED) is 0.257. The normalized spacial score (nSPS) is 12.6. The molecule has 23 heavy (non-hydrogen) atoms. The first-order chi connectivity index (χ1) is 11.3. The maximum atomic E-state index is 3.13. The fourth-order valence-corrected chi connectivity index (χ4v) is 3.36. The Morgan fingerprint density at radius 1 is 0.739 bits per heavy atom. The lowest BCUT2D eigenvalue weighted by atomic mass is 10.0. The molecule has 0 aliphatic rings.